The highest BCUT2D eigenvalue weighted by Gasteiger charge is 2.04. The minimum atomic E-state index is 0.294. The lowest BCUT2D eigenvalue weighted by Crippen LogP contribution is -1.83. The van der Waals surface area contributed by atoms with Crippen LogP contribution in [-0.4, -0.2) is 14.7 Å². The van der Waals surface area contributed by atoms with Crippen LogP contribution in [0.4, 0.5) is 0 Å². The van der Waals surface area contributed by atoms with Crippen LogP contribution in [0.5, 0.6) is 5.75 Å². The molecule has 0 saturated carbocycles. The summed E-state index contributed by atoms with van der Waals surface area (Å²) in [6, 6.07) is 5.30. The zero-order chi connectivity index (χ0) is 10.1. The van der Waals surface area contributed by atoms with Crippen molar-refractivity contribution in [1.29, 1.82) is 0 Å². The summed E-state index contributed by atoms with van der Waals surface area (Å²) in [6.07, 6.45) is 3.72. The molecule has 1 aromatic carbocycles. The molecule has 0 aliphatic carbocycles. The van der Waals surface area contributed by atoms with Gasteiger partial charge in [-0.2, -0.15) is 0 Å². The number of phenolic OH excluding ortho intramolecular Hbond substituents is 1. The smallest absolute Gasteiger partial charge is 0.115 e. The lowest BCUT2D eigenvalue weighted by molar-refractivity contribution is 0.475. The Morgan fingerprint density at radius 1 is 1.36 bits per heavy atom. The molecular weight excluding hydrogens is 176 g/mol. The average molecular weight is 188 g/mol. The van der Waals surface area contributed by atoms with Crippen molar-refractivity contribution in [1.82, 2.24) is 9.55 Å². The van der Waals surface area contributed by atoms with E-state index in [0.717, 1.165) is 16.8 Å². The van der Waals surface area contributed by atoms with Gasteiger partial charge in [0.05, 0.1) is 12.0 Å². The largest absolute Gasteiger partial charge is 0.508 e. The van der Waals surface area contributed by atoms with Crippen LogP contribution in [0, 0.1) is 6.92 Å². The highest BCUT2D eigenvalue weighted by atomic mass is 16.3. The first-order valence-corrected chi connectivity index (χ1v) is 4.45. The average Bonchev–Trinajstić information content (AvgIpc) is 2.51. The van der Waals surface area contributed by atoms with Gasteiger partial charge in [-0.15, -0.1) is 0 Å². The molecule has 14 heavy (non-hydrogen) atoms. The number of aryl methyl sites for hydroxylation is 2. The van der Waals surface area contributed by atoms with Gasteiger partial charge in [0.1, 0.15) is 5.75 Å². The maximum Gasteiger partial charge on any atom is 0.115 e. The number of hydrogen-bond donors (Lipinski definition) is 1. The number of aromatic nitrogens is 2. The number of nitrogens with zero attached hydrogens (tertiary/aromatic N) is 2. The van der Waals surface area contributed by atoms with E-state index in [1.807, 2.05) is 30.8 Å². The van der Waals surface area contributed by atoms with Gasteiger partial charge in [-0.1, -0.05) is 0 Å². The van der Waals surface area contributed by atoms with Crippen molar-refractivity contribution in [2.45, 2.75) is 6.92 Å². The van der Waals surface area contributed by atoms with Gasteiger partial charge in [0.25, 0.3) is 0 Å². The van der Waals surface area contributed by atoms with Crippen molar-refractivity contribution in [3.63, 3.8) is 0 Å². The van der Waals surface area contributed by atoms with Crippen LogP contribution in [0.25, 0.3) is 11.3 Å². The molecule has 1 heterocycles. The molecule has 0 unspecified atom stereocenters. The first kappa shape index (κ1) is 8.81. The Bertz CT molecular complexity index is 460. The van der Waals surface area contributed by atoms with E-state index in [2.05, 4.69) is 4.98 Å². The van der Waals surface area contributed by atoms with Crippen molar-refractivity contribution in [2.75, 3.05) is 0 Å². The Balaban J connectivity index is 2.52. The van der Waals surface area contributed by atoms with E-state index in [4.69, 9.17) is 0 Å². The summed E-state index contributed by atoms with van der Waals surface area (Å²) in [7, 11) is 1.94. The van der Waals surface area contributed by atoms with Gasteiger partial charge in [0.2, 0.25) is 0 Å². The molecule has 2 rings (SSSR count). The second-order valence-corrected chi connectivity index (χ2v) is 3.42. The fraction of sp³-hybridized carbons (Fsp3) is 0.182. The maximum absolute atomic E-state index is 9.26. The van der Waals surface area contributed by atoms with Gasteiger partial charge in [-0.05, 0) is 30.7 Å². The Morgan fingerprint density at radius 3 is 2.71 bits per heavy atom. The van der Waals surface area contributed by atoms with Crippen molar-refractivity contribution >= 4 is 0 Å². The lowest BCUT2D eigenvalue weighted by atomic mass is 10.1. The van der Waals surface area contributed by atoms with Crippen molar-refractivity contribution in [3.8, 4) is 17.0 Å². The Hall–Kier alpha value is -1.77. The lowest BCUT2D eigenvalue weighted by Gasteiger charge is -2.02. The van der Waals surface area contributed by atoms with Crippen LogP contribution >= 0.6 is 0 Å². The van der Waals surface area contributed by atoms with Gasteiger partial charge >= 0.3 is 0 Å². The zero-order valence-corrected chi connectivity index (χ0v) is 8.23. The summed E-state index contributed by atoms with van der Waals surface area (Å²) in [5.74, 6) is 0.294. The van der Waals surface area contributed by atoms with Crippen LogP contribution in [0.1, 0.15) is 5.56 Å². The second-order valence-electron chi connectivity index (χ2n) is 3.42. The molecule has 3 nitrogen and oxygen atoms in total. The van der Waals surface area contributed by atoms with Crippen LogP contribution in [0.2, 0.25) is 0 Å². The van der Waals surface area contributed by atoms with Gasteiger partial charge < -0.3 is 9.67 Å². The van der Waals surface area contributed by atoms with Crippen molar-refractivity contribution < 1.29 is 5.11 Å². The molecule has 1 N–H and O–H groups in total. The van der Waals surface area contributed by atoms with Crippen LogP contribution in [-0.2, 0) is 7.05 Å². The van der Waals surface area contributed by atoms with E-state index < -0.39 is 0 Å². The number of phenols is 1. The van der Waals surface area contributed by atoms with E-state index in [0.29, 0.717) is 5.75 Å². The number of rotatable bonds is 1. The first-order valence-electron chi connectivity index (χ1n) is 4.45. The fourth-order valence-corrected chi connectivity index (χ4v) is 1.49. The van der Waals surface area contributed by atoms with Crippen LogP contribution in [0.3, 0.4) is 0 Å². The minimum absolute atomic E-state index is 0.294. The highest BCUT2D eigenvalue weighted by Crippen LogP contribution is 2.24. The van der Waals surface area contributed by atoms with E-state index in [9.17, 15) is 5.11 Å². The predicted molar refractivity (Wildman–Crippen MR) is 55.0 cm³/mol. The molecule has 0 fully saturated rings. The molecular formula is C11H12N2O. The third kappa shape index (κ3) is 1.48. The number of hydrogen-bond acceptors (Lipinski definition) is 2. The predicted octanol–water partition coefficient (Wildman–Crippen LogP) is 2.10. The molecule has 0 atom stereocenters. The molecule has 72 valence electrons. The number of aromatic hydroxyl groups is 1. The van der Waals surface area contributed by atoms with E-state index >= 15 is 0 Å². The normalized spacial score (nSPS) is 10.4. The standard InChI is InChI=1S/C11H12N2O/c1-8-5-9(14)3-4-10(8)11-6-13(2)7-12-11/h3-7,14H,1-2H3. The third-order valence-corrected chi connectivity index (χ3v) is 2.19. The highest BCUT2D eigenvalue weighted by molar-refractivity contribution is 5.63. The summed E-state index contributed by atoms with van der Waals surface area (Å²) in [4.78, 5) is 4.26. The number of imidazole rings is 1. The topological polar surface area (TPSA) is 38.0 Å². The molecule has 2 aromatic rings. The zero-order valence-electron chi connectivity index (χ0n) is 8.23. The first-order chi connectivity index (χ1) is 6.66. The second kappa shape index (κ2) is 3.18. The summed E-state index contributed by atoms with van der Waals surface area (Å²) in [5, 5.41) is 9.26. The van der Waals surface area contributed by atoms with Gasteiger partial charge in [-0.25, -0.2) is 4.98 Å². The Labute approximate surface area is 82.7 Å². The molecule has 3 heteroatoms. The van der Waals surface area contributed by atoms with Crippen molar-refractivity contribution in [2.24, 2.45) is 7.05 Å². The van der Waals surface area contributed by atoms with Crippen LogP contribution < -0.4 is 0 Å². The van der Waals surface area contributed by atoms with E-state index in [1.54, 1.807) is 18.5 Å². The fourth-order valence-electron chi connectivity index (χ4n) is 1.49. The van der Waals surface area contributed by atoms with Crippen LogP contribution in [0.15, 0.2) is 30.7 Å². The van der Waals surface area contributed by atoms with E-state index in [-0.39, 0.29) is 0 Å². The molecule has 1 aromatic heterocycles. The maximum atomic E-state index is 9.26. The molecule has 0 amide bonds. The number of benzene rings is 1. The summed E-state index contributed by atoms with van der Waals surface area (Å²) in [5.41, 5.74) is 3.03. The van der Waals surface area contributed by atoms with Crippen molar-refractivity contribution in [3.05, 3.63) is 36.3 Å². The summed E-state index contributed by atoms with van der Waals surface area (Å²) >= 11 is 0. The Morgan fingerprint density at radius 2 is 2.14 bits per heavy atom. The molecule has 0 aliphatic heterocycles. The molecule has 0 bridgehead atoms. The molecule has 0 aliphatic rings. The quantitative estimate of drug-likeness (QED) is 0.744. The van der Waals surface area contributed by atoms with Gasteiger partial charge in [0, 0.05) is 18.8 Å². The summed E-state index contributed by atoms with van der Waals surface area (Å²) < 4.78 is 1.90. The van der Waals surface area contributed by atoms with Gasteiger partial charge in [-0.3, -0.25) is 0 Å². The van der Waals surface area contributed by atoms with E-state index in [1.165, 1.54) is 0 Å². The third-order valence-electron chi connectivity index (χ3n) is 2.19. The Kier molecular flexibility index (Phi) is 2.00. The van der Waals surface area contributed by atoms with Gasteiger partial charge in [0.15, 0.2) is 0 Å². The summed E-state index contributed by atoms with van der Waals surface area (Å²) in [6.45, 7) is 1.96. The molecule has 0 spiro atoms. The SMILES string of the molecule is Cc1cc(O)ccc1-c1cn(C)cn1. The molecule has 0 radical (unpaired) electrons. The molecule has 0 saturated heterocycles. The minimum Gasteiger partial charge on any atom is -0.508 e. The monoisotopic (exact) mass is 188 g/mol.